The Hall–Kier alpha value is -2.04. The number of carbonyl (C=O) groups excluding carboxylic acids is 1. The highest BCUT2D eigenvalue weighted by Crippen LogP contribution is 2.37. The number of likely N-dealkylation sites (tertiary alicyclic amines) is 1. The van der Waals surface area contributed by atoms with Crippen molar-refractivity contribution in [1.82, 2.24) is 4.90 Å². The molecule has 1 aliphatic carbocycles. The Morgan fingerprint density at radius 3 is 2.71 bits per heavy atom. The number of fused-ring (bicyclic) bond motifs is 1. The van der Waals surface area contributed by atoms with E-state index in [2.05, 4.69) is 22.8 Å². The van der Waals surface area contributed by atoms with Crippen LogP contribution in [0.4, 0.5) is 11.4 Å². The number of amidine groups is 1. The molecule has 1 spiro atoms. The van der Waals surface area contributed by atoms with E-state index >= 15 is 0 Å². The van der Waals surface area contributed by atoms with Gasteiger partial charge in [-0.2, -0.15) is 0 Å². The largest absolute Gasteiger partial charge is 0.370 e. The third-order valence-electron chi connectivity index (χ3n) is 5.58. The second-order valence-corrected chi connectivity index (χ2v) is 7.34. The van der Waals surface area contributed by atoms with Gasteiger partial charge in [0.15, 0.2) is 0 Å². The first-order chi connectivity index (χ1) is 11.7. The lowest BCUT2D eigenvalue weighted by Gasteiger charge is -2.47. The van der Waals surface area contributed by atoms with Gasteiger partial charge < -0.3 is 15.5 Å². The van der Waals surface area contributed by atoms with Crippen LogP contribution in [0.25, 0.3) is 0 Å². The third-order valence-corrected chi connectivity index (χ3v) is 5.58. The van der Waals surface area contributed by atoms with Gasteiger partial charge in [-0.3, -0.25) is 9.79 Å². The lowest BCUT2D eigenvalue weighted by molar-refractivity contribution is -0.130. The Kier molecular flexibility index (Phi) is 3.94. The van der Waals surface area contributed by atoms with Gasteiger partial charge >= 0.3 is 0 Å². The summed E-state index contributed by atoms with van der Waals surface area (Å²) >= 11 is 0. The van der Waals surface area contributed by atoms with Crippen molar-refractivity contribution in [2.24, 2.45) is 4.99 Å². The number of benzene rings is 1. The molecule has 1 amide bonds. The quantitative estimate of drug-likeness (QED) is 0.833. The minimum absolute atomic E-state index is 0.148. The number of hydrogen-bond donors (Lipinski definition) is 2. The van der Waals surface area contributed by atoms with Crippen molar-refractivity contribution in [2.75, 3.05) is 23.7 Å². The van der Waals surface area contributed by atoms with E-state index < -0.39 is 0 Å². The van der Waals surface area contributed by atoms with E-state index in [4.69, 9.17) is 4.99 Å². The zero-order valence-corrected chi connectivity index (χ0v) is 14.3. The van der Waals surface area contributed by atoms with Crippen molar-refractivity contribution in [2.45, 2.75) is 57.0 Å². The molecule has 1 aromatic rings. The molecule has 5 nitrogen and oxygen atoms in total. The highest BCUT2D eigenvalue weighted by atomic mass is 16.2. The van der Waals surface area contributed by atoms with Crippen LogP contribution < -0.4 is 10.6 Å². The lowest BCUT2D eigenvalue weighted by Crippen LogP contribution is -2.62. The first kappa shape index (κ1) is 15.5. The average Bonchev–Trinajstić information content (AvgIpc) is 3.09. The number of hydrogen-bond acceptors (Lipinski definition) is 3. The van der Waals surface area contributed by atoms with E-state index in [9.17, 15) is 4.79 Å². The fourth-order valence-corrected chi connectivity index (χ4v) is 4.26. The van der Waals surface area contributed by atoms with Crippen LogP contribution in [-0.4, -0.2) is 41.3 Å². The summed E-state index contributed by atoms with van der Waals surface area (Å²) in [5, 5.41) is 7.33. The molecule has 0 bridgehead atoms. The van der Waals surface area contributed by atoms with Crippen molar-refractivity contribution in [3.63, 3.8) is 0 Å². The Labute approximate surface area is 143 Å². The summed E-state index contributed by atoms with van der Waals surface area (Å²) in [4.78, 5) is 19.0. The molecule has 2 heterocycles. The number of piperidine rings is 1. The van der Waals surface area contributed by atoms with E-state index in [1.807, 2.05) is 17.0 Å². The molecule has 1 saturated heterocycles. The molecular formula is C19H26N4O. The maximum absolute atomic E-state index is 12.0. The summed E-state index contributed by atoms with van der Waals surface area (Å²) in [6, 6.07) is 8.70. The second kappa shape index (κ2) is 6.11. The van der Waals surface area contributed by atoms with E-state index in [0.29, 0.717) is 12.6 Å². The normalized spacial score (nSPS) is 28.5. The molecule has 1 atom stereocenters. The standard InChI is InChI=1S/C19H26N4O/c1-14(24)23-12-6-11-19(13-23)18(20-15-7-2-3-8-15)21-16-9-4-5-10-17(16)22-19/h4-5,9-10,15,22H,2-3,6-8,11-13H2,1H3,(H,20,21). The molecule has 24 heavy (non-hydrogen) atoms. The van der Waals surface area contributed by atoms with Crippen molar-refractivity contribution in [3.05, 3.63) is 24.3 Å². The first-order valence-electron chi connectivity index (χ1n) is 9.14. The molecule has 2 fully saturated rings. The van der Waals surface area contributed by atoms with Crippen LogP contribution in [0.2, 0.25) is 0 Å². The molecule has 1 unspecified atom stereocenters. The van der Waals surface area contributed by atoms with Gasteiger partial charge in [0.05, 0.1) is 24.0 Å². The summed E-state index contributed by atoms with van der Waals surface area (Å²) in [6.07, 6.45) is 6.92. The summed E-state index contributed by atoms with van der Waals surface area (Å²) < 4.78 is 0. The van der Waals surface area contributed by atoms with E-state index in [0.717, 1.165) is 36.6 Å². The summed E-state index contributed by atoms with van der Waals surface area (Å²) in [7, 11) is 0. The number of carbonyl (C=O) groups is 1. The number of anilines is 2. The van der Waals surface area contributed by atoms with Crippen molar-refractivity contribution in [1.29, 1.82) is 0 Å². The van der Waals surface area contributed by atoms with Gasteiger partial charge in [0.2, 0.25) is 5.91 Å². The Balaban J connectivity index is 1.71. The van der Waals surface area contributed by atoms with Crippen LogP contribution in [0.15, 0.2) is 29.3 Å². The minimum atomic E-state index is -0.277. The lowest BCUT2D eigenvalue weighted by atomic mass is 9.85. The number of aliphatic imine (C=N–C) groups is 1. The van der Waals surface area contributed by atoms with Crippen molar-refractivity contribution in [3.8, 4) is 0 Å². The number of nitrogens with one attached hydrogen (secondary N) is 2. The summed E-state index contributed by atoms with van der Waals surface area (Å²) in [5.74, 6) is 1.18. The molecule has 1 aromatic carbocycles. The number of nitrogens with zero attached hydrogens (tertiary/aromatic N) is 2. The van der Waals surface area contributed by atoms with Gasteiger partial charge in [-0.25, -0.2) is 0 Å². The predicted octanol–water partition coefficient (Wildman–Crippen LogP) is 3.25. The Morgan fingerprint density at radius 2 is 1.96 bits per heavy atom. The number of rotatable bonds is 1. The average molecular weight is 326 g/mol. The molecule has 128 valence electrons. The fourth-order valence-electron chi connectivity index (χ4n) is 4.26. The van der Waals surface area contributed by atoms with Gasteiger partial charge in [0.1, 0.15) is 11.4 Å². The van der Waals surface area contributed by atoms with Gasteiger partial charge in [0.25, 0.3) is 0 Å². The van der Waals surface area contributed by atoms with Gasteiger partial charge in [-0.1, -0.05) is 25.0 Å². The number of amides is 1. The second-order valence-electron chi connectivity index (χ2n) is 7.34. The van der Waals surface area contributed by atoms with Crippen LogP contribution in [-0.2, 0) is 4.79 Å². The minimum Gasteiger partial charge on any atom is -0.370 e. The maximum Gasteiger partial charge on any atom is 0.219 e. The SMILES string of the molecule is CC(=O)N1CCCC2(C1)Nc1ccccc1NC2=NC1CCCC1. The topological polar surface area (TPSA) is 56.7 Å². The van der Waals surface area contributed by atoms with Crippen LogP contribution in [0, 0.1) is 0 Å². The van der Waals surface area contributed by atoms with Gasteiger partial charge in [0, 0.05) is 13.5 Å². The molecule has 4 rings (SSSR count). The van der Waals surface area contributed by atoms with Crippen LogP contribution in [0.1, 0.15) is 45.4 Å². The summed E-state index contributed by atoms with van der Waals surface area (Å²) in [5.41, 5.74) is 1.91. The van der Waals surface area contributed by atoms with Gasteiger partial charge in [-0.15, -0.1) is 0 Å². The van der Waals surface area contributed by atoms with E-state index in [1.54, 1.807) is 6.92 Å². The summed E-state index contributed by atoms with van der Waals surface area (Å²) in [6.45, 7) is 3.20. The van der Waals surface area contributed by atoms with E-state index in [1.165, 1.54) is 25.7 Å². The molecule has 5 heteroatoms. The zero-order valence-electron chi connectivity index (χ0n) is 14.3. The highest BCUT2D eigenvalue weighted by Gasteiger charge is 2.44. The first-order valence-corrected chi connectivity index (χ1v) is 9.14. The molecule has 3 aliphatic rings. The molecule has 2 N–H and O–H groups in total. The molecular weight excluding hydrogens is 300 g/mol. The molecule has 1 saturated carbocycles. The highest BCUT2D eigenvalue weighted by molar-refractivity contribution is 6.10. The molecule has 2 aliphatic heterocycles. The van der Waals surface area contributed by atoms with Crippen LogP contribution in [0.3, 0.4) is 0 Å². The predicted molar refractivity (Wildman–Crippen MR) is 97.6 cm³/mol. The monoisotopic (exact) mass is 326 g/mol. The number of para-hydroxylation sites is 2. The van der Waals surface area contributed by atoms with Crippen LogP contribution >= 0.6 is 0 Å². The smallest absolute Gasteiger partial charge is 0.219 e. The Morgan fingerprint density at radius 1 is 1.21 bits per heavy atom. The van der Waals surface area contributed by atoms with Crippen molar-refractivity contribution >= 4 is 23.1 Å². The molecule has 0 radical (unpaired) electrons. The maximum atomic E-state index is 12.0. The third kappa shape index (κ3) is 2.76. The van der Waals surface area contributed by atoms with E-state index in [-0.39, 0.29) is 11.4 Å². The fraction of sp³-hybridized carbons (Fsp3) is 0.579. The van der Waals surface area contributed by atoms with Crippen LogP contribution in [0.5, 0.6) is 0 Å². The Bertz CT molecular complexity index is 665. The molecule has 0 aromatic heterocycles. The van der Waals surface area contributed by atoms with Crippen molar-refractivity contribution < 1.29 is 4.79 Å². The zero-order chi connectivity index (χ0) is 16.6. The van der Waals surface area contributed by atoms with Gasteiger partial charge in [-0.05, 0) is 37.8 Å².